The molecule has 2 N–H and O–H groups in total. The lowest BCUT2D eigenvalue weighted by Crippen LogP contribution is -2.47. The Morgan fingerprint density at radius 1 is 1.10 bits per heavy atom. The lowest BCUT2D eigenvalue weighted by atomic mass is 10.2. The molecule has 3 aromatic rings. The quantitative estimate of drug-likeness (QED) is 0.664. The molecule has 0 spiro atoms. The second-order valence-corrected chi connectivity index (χ2v) is 8.74. The summed E-state index contributed by atoms with van der Waals surface area (Å²) < 4.78 is 38.2. The molecule has 6 nitrogen and oxygen atoms in total. The van der Waals surface area contributed by atoms with E-state index in [1.54, 1.807) is 11.3 Å². The average Bonchev–Trinajstić information content (AvgIpc) is 3.01. The third-order valence-corrected chi connectivity index (χ3v) is 6.81. The summed E-state index contributed by atoms with van der Waals surface area (Å²) in [6, 6.07) is 2.50. The van der Waals surface area contributed by atoms with E-state index in [9.17, 15) is 13.2 Å². The van der Waals surface area contributed by atoms with Crippen LogP contribution in [0.4, 0.5) is 24.8 Å². The number of fused-ring (bicyclic) bond motifs is 1. The molecule has 4 rings (SSSR count). The monoisotopic (exact) mass is 436 g/mol. The highest BCUT2D eigenvalue weighted by Crippen LogP contribution is 2.34. The summed E-state index contributed by atoms with van der Waals surface area (Å²) in [6.07, 6.45) is -3.48. The highest BCUT2D eigenvalue weighted by molar-refractivity contribution is 7.18. The molecule has 1 aliphatic heterocycles. The topological polar surface area (TPSA) is 71.2 Å². The van der Waals surface area contributed by atoms with Crippen molar-refractivity contribution >= 4 is 33.2 Å². The maximum Gasteiger partial charge on any atom is 0.417 e. The van der Waals surface area contributed by atoms with Gasteiger partial charge in [0.1, 0.15) is 22.3 Å². The number of nitrogens with zero attached hydrogens (tertiary/aromatic N) is 5. The van der Waals surface area contributed by atoms with Gasteiger partial charge in [-0.15, -0.1) is 11.3 Å². The molecular formula is C20H23F3N6S. The van der Waals surface area contributed by atoms with Gasteiger partial charge in [-0.1, -0.05) is 0 Å². The van der Waals surface area contributed by atoms with Crippen molar-refractivity contribution in [1.29, 1.82) is 0 Å². The summed E-state index contributed by atoms with van der Waals surface area (Å²) in [5.74, 6) is 1.76. The van der Waals surface area contributed by atoms with Gasteiger partial charge in [-0.05, 0) is 38.5 Å². The molecule has 3 aromatic heterocycles. The summed E-state index contributed by atoms with van der Waals surface area (Å²) in [7, 11) is 0. The number of thiophene rings is 1. The smallest absolute Gasteiger partial charge is 0.383 e. The molecule has 0 radical (unpaired) electrons. The van der Waals surface area contributed by atoms with Gasteiger partial charge in [0, 0.05) is 37.3 Å². The number of hydrogen-bond donors (Lipinski definition) is 1. The molecule has 0 amide bonds. The first kappa shape index (κ1) is 20.8. The van der Waals surface area contributed by atoms with Gasteiger partial charge in [0.05, 0.1) is 17.0 Å². The van der Waals surface area contributed by atoms with E-state index in [4.69, 9.17) is 10.7 Å². The van der Waals surface area contributed by atoms with E-state index in [1.807, 2.05) is 11.8 Å². The predicted molar refractivity (Wildman–Crippen MR) is 113 cm³/mol. The molecule has 0 aromatic carbocycles. The average molecular weight is 437 g/mol. The first-order chi connectivity index (χ1) is 14.1. The van der Waals surface area contributed by atoms with Gasteiger partial charge in [0.2, 0.25) is 0 Å². The van der Waals surface area contributed by atoms with E-state index in [0.29, 0.717) is 30.5 Å². The summed E-state index contributed by atoms with van der Waals surface area (Å²) in [5.41, 5.74) is 6.62. The van der Waals surface area contributed by atoms with E-state index < -0.39 is 11.7 Å². The minimum Gasteiger partial charge on any atom is -0.383 e. The second-order valence-electron chi connectivity index (χ2n) is 7.53. The molecule has 0 bridgehead atoms. The van der Waals surface area contributed by atoms with Crippen LogP contribution in [0.2, 0.25) is 0 Å². The molecule has 1 aliphatic rings. The van der Waals surface area contributed by atoms with Crippen LogP contribution < -0.4 is 10.6 Å². The van der Waals surface area contributed by atoms with Crippen LogP contribution in [0.25, 0.3) is 10.2 Å². The van der Waals surface area contributed by atoms with Crippen LogP contribution in [0.5, 0.6) is 0 Å². The zero-order valence-electron chi connectivity index (χ0n) is 17.0. The number of anilines is 2. The number of hydrogen-bond acceptors (Lipinski definition) is 7. The van der Waals surface area contributed by atoms with Gasteiger partial charge in [0.25, 0.3) is 0 Å². The Balaban J connectivity index is 1.46. The molecule has 0 saturated carbocycles. The Labute approximate surface area is 176 Å². The van der Waals surface area contributed by atoms with Gasteiger partial charge in [-0.2, -0.15) is 13.2 Å². The highest BCUT2D eigenvalue weighted by atomic mass is 32.1. The fraction of sp³-hybridized carbons (Fsp3) is 0.450. The number of nitrogens with two attached hydrogens (primary N) is 1. The first-order valence-corrected chi connectivity index (χ1v) is 10.5. The Kier molecular flexibility index (Phi) is 5.31. The number of piperazine rings is 1. The van der Waals surface area contributed by atoms with Crippen LogP contribution in [0.3, 0.4) is 0 Å². The van der Waals surface area contributed by atoms with Gasteiger partial charge in [-0.3, -0.25) is 4.90 Å². The Bertz CT molecular complexity index is 1060. The Morgan fingerprint density at radius 3 is 2.40 bits per heavy atom. The number of rotatable bonds is 3. The van der Waals surface area contributed by atoms with E-state index in [1.165, 1.54) is 10.9 Å². The first-order valence-electron chi connectivity index (χ1n) is 9.70. The van der Waals surface area contributed by atoms with E-state index in [-0.39, 0.29) is 6.04 Å². The lowest BCUT2D eigenvalue weighted by Gasteiger charge is -2.38. The zero-order valence-corrected chi connectivity index (χ0v) is 17.8. The second kappa shape index (κ2) is 7.66. The molecule has 4 heterocycles. The normalized spacial score (nSPS) is 16.9. The largest absolute Gasteiger partial charge is 0.417 e. The van der Waals surface area contributed by atoms with Gasteiger partial charge < -0.3 is 10.6 Å². The summed E-state index contributed by atoms with van der Waals surface area (Å²) >= 11 is 1.63. The highest BCUT2D eigenvalue weighted by Gasteiger charge is 2.31. The molecule has 0 aliphatic carbocycles. The van der Waals surface area contributed by atoms with Crippen LogP contribution in [-0.4, -0.2) is 46.0 Å². The molecule has 1 atom stereocenters. The third-order valence-electron chi connectivity index (χ3n) is 5.71. The van der Waals surface area contributed by atoms with Crippen molar-refractivity contribution in [3.05, 3.63) is 40.2 Å². The van der Waals surface area contributed by atoms with E-state index in [2.05, 4.69) is 28.7 Å². The number of aromatic nitrogens is 3. The summed E-state index contributed by atoms with van der Waals surface area (Å²) in [4.78, 5) is 19.7. The number of halogens is 3. The van der Waals surface area contributed by atoms with Crippen LogP contribution in [0.1, 0.15) is 34.8 Å². The predicted octanol–water partition coefficient (Wildman–Crippen LogP) is 4.19. The van der Waals surface area contributed by atoms with Gasteiger partial charge in [-0.25, -0.2) is 15.0 Å². The van der Waals surface area contributed by atoms with Gasteiger partial charge >= 0.3 is 6.18 Å². The number of pyridine rings is 1. The van der Waals surface area contributed by atoms with Crippen LogP contribution in [0.15, 0.2) is 18.3 Å². The van der Waals surface area contributed by atoms with Crippen LogP contribution >= 0.6 is 11.3 Å². The Morgan fingerprint density at radius 2 is 1.80 bits per heavy atom. The van der Waals surface area contributed by atoms with Crippen LogP contribution in [0, 0.1) is 13.8 Å². The van der Waals surface area contributed by atoms with Crippen LogP contribution in [-0.2, 0) is 6.18 Å². The van der Waals surface area contributed by atoms with Crippen molar-refractivity contribution in [1.82, 2.24) is 19.9 Å². The van der Waals surface area contributed by atoms with Crippen molar-refractivity contribution in [2.24, 2.45) is 0 Å². The molecule has 10 heteroatoms. The van der Waals surface area contributed by atoms with Crippen molar-refractivity contribution in [2.75, 3.05) is 36.8 Å². The fourth-order valence-electron chi connectivity index (χ4n) is 3.73. The summed E-state index contributed by atoms with van der Waals surface area (Å²) in [6.45, 7) is 8.93. The minimum atomic E-state index is -4.37. The molecular weight excluding hydrogens is 413 g/mol. The number of alkyl halides is 3. The van der Waals surface area contributed by atoms with E-state index >= 15 is 0 Å². The van der Waals surface area contributed by atoms with Crippen molar-refractivity contribution in [3.63, 3.8) is 0 Å². The SMILES string of the molecule is Cc1sc2nc([C@@H](C)N3CCN(c4ccc(C(F)(F)F)cn4)CC3)nc(N)c2c1C. The number of aryl methyl sites for hydroxylation is 2. The molecule has 1 saturated heterocycles. The summed E-state index contributed by atoms with van der Waals surface area (Å²) in [5, 5.41) is 0.937. The third kappa shape index (κ3) is 3.81. The van der Waals surface area contributed by atoms with Gasteiger partial charge in [0.15, 0.2) is 0 Å². The van der Waals surface area contributed by atoms with E-state index in [0.717, 1.165) is 41.1 Å². The van der Waals surface area contributed by atoms with Crippen molar-refractivity contribution in [3.8, 4) is 0 Å². The van der Waals surface area contributed by atoms with Crippen molar-refractivity contribution in [2.45, 2.75) is 33.0 Å². The maximum atomic E-state index is 12.7. The zero-order chi connectivity index (χ0) is 21.6. The Hall–Kier alpha value is -2.46. The maximum absolute atomic E-state index is 12.7. The molecule has 0 unspecified atom stereocenters. The fourth-order valence-corrected chi connectivity index (χ4v) is 4.77. The molecule has 30 heavy (non-hydrogen) atoms. The molecule has 1 fully saturated rings. The minimum absolute atomic E-state index is 0.0119. The molecule has 160 valence electrons. The van der Waals surface area contributed by atoms with Crippen molar-refractivity contribution < 1.29 is 13.2 Å². The number of nitrogen functional groups attached to an aromatic ring is 1. The standard InChI is InChI=1S/C20H23F3N6S/c1-11-13(3)30-19-16(11)17(24)26-18(27-19)12(2)28-6-8-29(9-7-28)15-5-4-14(10-25-15)20(21,22)23/h4-5,10,12H,6-9H2,1-3H3,(H2,24,26,27)/t12-/m1/s1. The lowest BCUT2D eigenvalue weighted by molar-refractivity contribution is -0.137.